The topological polar surface area (TPSA) is 20.3 Å². The molecule has 0 aliphatic carbocycles. The van der Waals surface area contributed by atoms with Crippen LogP contribution in [0, 0.1) is 5.92 Å². The summed E-state index contributed by atoms with van der Waals surface area (Å²) in [6.45, 7) is 8.77. The molecule has 0 spiro atoms. The number of amides is 1. The van der Waals surface area contributed by atoms with Crippen molar-refractivity contribution in [3.05, 3.63) is 12.8 Å². The van der Waals surface area contributed by atoms with Crippen LogP contribution in [0.3, 0.4) is 0 Å². The molecule has 0 N–H and O–H groups in total. The van der Waals surface area contributed by atoms with E-state index < -0.39 is 0 Å². The molecule has 1 atom stereocenters. The third-order valence-corrected chi connectivity index (χ3v) is 2.18. The summed E-state index contributed by atoms with van der Waals surface area (Å²) in [4.78, 5) is 11.9. The van der Waals surface area contributed by atoms with E-state index in [1.807, 2.05) is 0 Å². The van der Waals surface area contributed by atoms with E-state index in [2.05, 4.69) is 20.4 Å². The molecule has 2 nitrogen and oxygen atoms in total. The Morgan fingerprint density at radius 3 is 2.67 bits per heavy atom. The van der Waals surface area contributed by atoms with Gasteiger partial charge in [0.05, 0.1) is 0 Å². The minimum absolute atomic E-state index is 0.767. The van der Waals surface area contributed by atoms with Crippen molar-refractivity contribution in [3.8, 4) is 0 Å². The maximum Gasteiger partial charge on any atom is 0.213 e. The molecule has 0 rings (SSSR count). The Hall–Kier alpha value is -0.790. The van der Waals surface area contributed by atoms with Gasteiger partial charge in [0.2, 0.25) is 6.41 Å². The molecule has 12 heavy (non-hydrogen) atoms. The predicted molar refractivity (Wildman–Crippen MR) is 51.7 cm³/mol. The summed E-state index contributed by atoms with van der Waals surface area (Å²) >= 11 is 0. The Bertz CT molecular complexity index is 126. The van der Waals surface area contributed by atoms with Gasteiger partial charge in [-0.25, -0.2) is 0 Å². The van der Waals surface area contributed by atoms with Crippen LogP contribution in [0.5, 0.6) is 0 Å². The van der Waals surface area contributed by atoms with E-state index in [1.165, 1.54) is 12.8 Å². The molecule has 1 unspecified atom stereocenters. The molecule has 2 heteroatoms. The molecule has 1 amide bonds. The first-order chi connectivity index (χ1) is 5.74. The number of nitrogens with zero attached hydrogens (tertiary/aromatic N) is 1. The smallest absolute Gasteiger partial charge is 0.213 e. The molecule has 0 aromatic heterocycles. The number of hydrogen-bond acceptors (Lipinski definition) is 1. The van der Waals surface area contributed by atoms with Crippen LogP contribution in [-0.2, 0) is 4.79 Å². The number of hydrogen-bond donors (Lipinski definition) is 0. The van der Waals surface area contributed by atoms with E-state index in [-0.39, 0.29) is 0 Å². The van der Waals surface area contributed by atoms with Gasteiger partial charge >= 0.3 is 0 Å². The van der Waals surface area contributed by atoms with Gasteiger partial charge in [-0.2, -0.15) is 0 Å². The van der Waals surface area contributed by atoms with Crippen LogP contribution in [0.2, 0.25) is 0 Å². The van der Waals surface area contributed by atoms with Crippen molar-refractivity contribution >= 4 is 6.41 Å². The standard InChI is InChI=1S/C10H19NO/c1-4-10(3)7-6-8-11(5-2)9-12/h5,9-10H,2,4,6-8H2,1,3H3. The quantitative estimate of drug-likeness (QED) is 0.536. The SMILES string of the molecule is C=CN(C=O)CCCC(C)CC. The van der Waals surface area contributed by atoms with Crippen LogP contribution in [0.1, 0.15) is 33.1 Å². The minimum Gasteiger partial charge on any atom is -0.322 e. The normalized spacial score (nSPS) is 12.2. The van der Waals surface area contributed by atoms with E-state index >= 15 is 0 Å². The Labute approximate surface area is 75.3 Å². The molecule has 0 fully saturated rings. The van der Waals surface area contributed by atoms with E-state index in [9.17, 15) is 4.79 Å². The van der Waals surface area contributed by atoms with E-state index in [4.69, 9.17) is 0 Å². The van der Waals surface area contributed by atoms with Crippen molar-refractivity contribution < 1.29 is 4.79 Å². The van der Waals surface area contributed by atoms with Gasteiger partial charge in [0, 0.05) is 6.54 Å². The lowest BCUT2D eigenvalue weighted by Gasteiger charge is -2.12. The molecule has 0 radical (unpaired) electrons. The zero-order valence-electron chi connectivity index (χ0n) is 8.12. The highest BCUT2D eigenvalue weighted by Crippen LogP contribution is 2.09. The highest BCUT2D eigenvalue weighted by Gasteiger charge is 2.00. The van der Waals surface area contributed by atoms with Crippen molar-refractivity contribution in [2.45, 2.75) is 33.1 Å². The second-order valence-corrected chi connectivity index (χ2v) is 3.18. The summed E-state index contributed by atoms with van der Waals surface area (Å²) in [6.07, 6.45) is 5.87. The van der Waals surface area contributed by atoms with Gasteiger partial charge in [-0.15, -0.1) is 0 Å². The first-order valence-corrected chi connectivity index (χ1v) is 4.58. The third kappa shape index (κ3) is 4.94. The predicted octanol–water partition coefficient (Wildman–Crippen LogP) is 2.41. The van der Waals surface area contributed by atoms with Crippen LogP contribution in [0.4, 0.5) is 0 Å². The summed E-state index contributed by atoms with van der Waals surface area (Å²) in [5.41, 5.74) is 0. The van der Waals surface area contributed by atoms with Crippen LogP contribution in [0.25, 0.3) is 0 Å². The second-order valence-electron chi connectivity index (χ2n) is 3.18. The van der Waals surface area contributed by atoms with Crippen LogP contribution in [0.15, 0.2) is 12.8 Å². The average Bonchev–Trinajstić information content (AvgIpc) is 2.12. The van der Waals surface area contributed by atoms with Gasteiger partial charge in [0.1, 0.15) is 0 Å². The first kappa shape index (κ1) is 11.2. The van der Waals surface area contributed by atoms with Gasteiger partial charge in [0.25, 0.3) is 0 Å². The van der Waals surface area contributed by atoms with Gasteiger partial charge < -0.3 is 4.90 Å². The third-order valence-electron chi connectivity index (χ3n) is 2.18. The molecule has 0 aromatic rings. The molecule has 0 heterocycles. The van der Waals surface area contributed by atoms with E-state index in [0.717, 1.165) is 25.3 Å². The fourth-order valence-electron chi connectivity index (χ4n) is 1.01. The number of carbonyl (C=O) groups excluding carboxylic acids is 1. The fraction of sp³-hybridized carbons (Fsp3) is 0.700. The maximum absolute atomic E-state index is 10.3. The lowest BCUT2D eigenvalue weighted by molar-refractivity contribution is -0.116. The van der Waals surface area contributed by atoms with E-state index in [0.29, 0.717) is 0 Å². The zero-order valence-corrected chi connectivity index (χ0v) is 8.12. The number of carbonyl (C=O) groups is 1. The van der Waals surface area contributed by atoms with Gasteiger partial charge in [-0.05, 0) is 25.0 Å². The summed E-state index contributed by atoms with van der Waals surface area (Å²) in [5.74, 6) is 0.767. The molecule has 0 saturated carbocycles. The summed E-state index contributed by atoms with van der Waals surface area (Å²) < 4.78 is 0. The maximum atomic E-state index is 10.3. The fourth-order valence-corrected chi connectivity index (χ4v) is 1.01. The molecule has 0 bridgehead atoms. The minimum atomic E-state index is 0.767. The van der Waals surface area contributed by atoms with Crippen LogP contribution in [-0.4, -0.2) is 17.9 Å². The van der Waals surface area contributed by atoms with Crippen molar-refractivity contribution in [1.29, 1.82) is 0 Å². The molecular formula is C10H19NO. The van der Waals surface area contributed by atoms with Crippen LogP contribution < -0.4 is 0 Å². The monoisotopic (exact) mass is 169 g/mol. The van der Waals surface area contributed by atoms with Crippen molar-refractivity contribution in [3.63, 3.8) is 0 Å². The average molecular weight is 169 g/mol. The molecule has 0 aliphatic heterocycles. The summed E-state index contributed by atoms with van der Waals surface area (Å²) in [5, 5.41) is 0. The molecule has 0 saturated heterocycles. The van der Waals surface area contributed by atoms with Gasteiger partial charge in [-0.3, -0.25) is 4.79 Å². The Balaban J connectivity index is 3.40. The highest BCUT2D eigenvalue weighted by molar-refractivity contribution is 5.48. The molecule has 0 aromatic carbocycles. The summed E-state index contributed by atoms with van der Waals surface area (Å²) in [7, 11) is 0. The Morgan fingerprint density at radius 1 is 1.58 bits per heavy atom. The summed E-state index contributed by atoms with van der Waals surface area (Å²) in [6, 6.07) is 0. The lowest BCUT2D eigenvalue weighted by atomic mass is 10.0. The van der Waals surface area contributed by atoms with Crippen LogP contribution >= 0.6 is 0 Å². The molecule has 0 aliphatic rings. The molecular weight excluding hydrogens is 150 g/mol. The first-order valence-electron chi connectivity index (χ1n) is 4.58. The number of rotatable bonds is 7. The Morgan fingerprint density at radius 2 is 2.25 bits per heavy atom. The highest BCUT2D eigenvalue weighted by atomic mass is 16.1. The lowest BCUT2D eigenvalue weighted by Crippen LogP contribution is -2.16. The Kier molecular flexibility index (Phi) is 6.44. The second kappa shape index (κ2) is 6.89. The van der Waals surface area contributed by atoms with Crippen molar-refractivity contribution in [2.24, 2.45) is 5.92 Å². The van der Waals surface area contributed by atoms with Crippen molar-refractivity contribution in [2.75, 3.05) is 6.54 Å². The van der Waals surface area contributed by atoms with Crippen molar-refractivity contribution in [1.82, 2.24) is 4.90 Å². The largest absolute Gasteiger partial charge is 0.322 e. The molecule has 70 valence electrons. The van der Waals surface area contributed by atoms with Gasteiger partial charge in [-0.1, -0.05) is 26.8 Å². The van der Waals surface area contributed by atoms with E-state index in [1.54, 1.807) is 11.1 Å². The zero-order chi connectivity index (χ0) is 9.40. The van der Waals surface area contributed by atoms with Gasteiger partial charge in [0.15, 0.2) is 0 Å².